The van der Waals surface area contributed by atoms with Gasteiger partial charge in [-0.05, 0) is 90.8 Å². The third-order valence-corrected chi connectivity index (χ3v) is 13.3. The average molecular weight is 487 g/mol. The number of rotatable bonds is 2. The first-order valence-electron chi connectivity index (χ1n) is 14.0. The number of carbonyl (C=O) groups excluding carboxylic acids is 1. The maximum atomic E-state index is 13.1. The van der Waals surface area contributed by atoms with E-state index in [-0.39, 0.29) is 46.4 Å². The SMILES string of the molecule is C[C@@H]1CC[C@]2(C(=O)O)CC[C@]3(C)C(=CCC4[C@@]5(C)CC(=O)[C@H](O)[C@@](C)(CO)C5CC[C@]43C)C2[C@H]1C. The fourth-order valence-corrected chi connectivity index (χ4v) is 10.8. The van der Waals surface area contributed by atoms with Gasteiger partial charge >= 0.3 is 5.97 Å². The summed E-state index contributed by atoms with van der Waals surface area (Å²) in [6.45, 7) is 13.4. The Labute approximate surface area is 210 Å². The van der Waals surface area contributed by atoms with Crippen molar-refractivity contribution in [3.8, 4) is 0 Å². The van der Waals surface area contributed by atoms with E-state index in [0.717, 1.165) is 44.9 Å². The first-order valence-corrected chi connectivity index (χ1v) is 14.0. The predicted molar refractivity (Wildman–Crippen MR) is 134 cm³/mol. The normalized spacial score (nSPS) is 55.7. The van der Waals surface area contributed by atoms with Crippen LogP contribution in [0.4, 0.5) is 0 Å². The molecule has 0 aromatic rings. The minimum Gasteiger partial charge on any atom is -0.481 e. The predicted octanol–water partition coefficient (Wildman–Crippen LogP) is 5.24. The van der Waals surface area contributed by atoms with Gasteiger partial charge in [-0.25, -0.2) is 0 Å². The molecule has 0 aromatic carbocycles. The van der Waals surface area contributed by atoms with Gasteiger partial charge in [0.25, 0.3) is 0 Å². The van der Waals surface area contributed by atoms with Crippen LogP contribution in [0.25, 0.3) is 0 Å². The van der Waals surface area contributed by atoms with E-state index in [1.807, 2.05) is 6.92 Å². The molecular formula is C30H46O5. The standard InChI is InChI=1S/C30H46O5/c1-17-9-12-30(25(34)35)14-13-28(5)19(23(30)18(17)2)7-8-22-26(3)15-20(32)24(33)27(4,16-31)21(26)10-11-29(22,28)6/h7,17-18,21-24,31,33H,8-16H2,1-6H3,(H,34,35)/t17-,18+,21?,22?,23?,24+,26+,27+,28-,29-,30+/m1/s1. The monoisotopic (exact) mass is 486 g/mol. The average Bonchev–Trinajstić information content (AvgIpc) is 2.80. The topological polar surface area (TPSA) is 94.8 Å². The molecule has 196 valence electrons. The lowest BCUT2D eigenvalue weighted by atomic mass is 9.33. The van der Waals surface area contributed by atoms with E-state index in [1.54, 1.807) is 0 Å². The molecule has 0 bridgehead atoms. The molecule has 0 aromatic heterocycles. The summed E-state index contributed by atoms with van der Waals surface area (Å²) in [5.41, 5.74) is -0.520. The molecule has 0 aliphatic heterocycles. The summed E-state index contributed by atoms with van der Waals surface area (Å²) in [4.78, 5) is 25.9. The summed E-state index contributed by atoms with van der Waals surface area (Å²) in [5.74, 6) is 0.519. The lowest BCUT2D eigenvalue weighted by Crippen LogP contribution is -2.67. The molecule has 4 saturated carbocycles. The summed E-state index contributed by atoms with van der Waals surface area (Å²) in [7, 11) is 0. The minimum absolute atomic E-state index is 0.0493. The van der Waals surface area contributed by atoms with Crippen LogP contribution in [-0.2, 0) is 9.59 Å². The zero-order chi connectivity index (χ0) is 25.8. The Hall–Kier alpha value is -1.20. The van der Waals surface area contributed by atoms with Gasteiger partial charge in [0.05, 0.1) is 12.0 Å². The quantitative estimate of drug-likeness (QED) is 0.464. The Bertz CT molecular complexity index is 972. The molecule has 5 aliphatic carbocycles. The molecule has 11 atom stereocenters. The largest absolute Gasteiger partial charge is 0.481 e. The highest BCUT2D eigenvalue weighted by molar-refractivity contribution is 5.85. The highest BCUT2D eigenvalue weighted by Gasteiger charge is 2.70. The molecular weight excluding hydrogens is 440 g/mol. The highest BCUT2D eigenvalue weighted by Crippen LogP contribution is 2.75. The van der Waals surface area contributed by atoms with Crippen LogP contribution in [-0.4, -0.2) is 39.8 Å². The van der Waals surface area contributed by atoms with E-state index in [1.165, 1.54) is 5.57 Å². The molecule has 0 amide bonds. The van der Waals surface area contributed by atoms with Crippen molar-refractivity contribution in [2.45, 2.75) is 99.0 Å². The molecule has 5 heteroatoms. The number of aliphatic hydroxyl groups is 2. The van der Waals surface area contributed by atoms with E-state index >= 15 is 0 Å². The molecule has 0 heterocycles. The van der Waals surface area contributed by atoms with Crippen molar-refractivity contribution in [2.24, 2.45) is 56.7 Å². The van der Waals surface area contributed by atoms with Crippen molar-refractivity contribution in [1.82, 2.24) is 0 Å². The van der Waals surface area contributed by atoms with Gasteiger partial charge < -0.3 is 15.3 Å². The van der Waals surface area contributed by atoms with Crippen molar-refractivity contribution >= 4 is 11.8 Å². The zero-order valence-corrected chi connectivity index (χ0v) is 22.6. The number of fused-ring (bicyclic) bond motifs is 7. The number of Topliss-reactive ketones (excluding diaryl/α,β-unsaturated/α-hetero) is 1. The number of carboxylic acids is 1. The van der Waals surface area contributed by atoms with Crippen molar-refractivity contribution < 1.29 is 24.9 Å². The molecule has 0 spiro atoms. The van der Waals surface area contributed by atoms with Gasteiger partial charge in [0, 0.05) is 11.8 Å². The summed E-state index contributed by atoms with van der Waals surface area (Å²) in [6, 6.07) is 0. The smallest absolute Gasteiger partial charge is 0.310 e. The second-order valence-corrected chi connectivity index (χ2v) is 14.3. The number of hydrogen-bond acceptors (Lipinski definition) is 4. The number of allylic oxidation sites excluding steroid dienone is 2. The molecule has 0 radical (unpaired) electrons. The summed E-state index contributed by atoms with van der Waals surface area (Å²) in [5, 5.41) is 31.7. The first kappa shape index (κ1) is 25.4. The van der Waals surface area contributed by atoms with E-state index in [2.05, 4.69) is 40.7 Å². The van der Waals surface area contributed by atoms with E-state index in [0.29, 0.717) is 18.3 Å². The van der Waals surface area contributed by atoms with Crippen LogP contribution >= 0.6 is 0 Å². The summed E-state index contributed by atoms with van der Waals surface area (Å²) < 4.78 is 0. The molecule has 0 saturated heterocycles. The Morgan fingerprint density at radius 2 is 1.71 bits per heavy atom. The molecule has 3 unspecified atom stereocenters. The molecule has 5 rings (SSSR count). The van der Waals surface area contributed by atoms with Crippen LogP contribution < -0.4 is 0 Å². The maximum Gasteiger partial charge on any atom is 0.310 e. The number of aliphatic carboxylic acids is 1. The van der Waals surface area contributed by atoms with Gasteiger partial charge in [0.2, 0.25) is 0 Å². The van der Waals surface area contributed by atoms with Gasteiger partial charge in [-0.1, -0.05) is 53.2 Å². The van der Waals surface area contributed by atoms with Crippen molar-refractivity contribution in [2.75, 3.05) is 6.61 Å². The number of hydrogen-bond donors (Lipinski definition) is 3. The van der Waals surface area contributed by atoms with Crippen LogP contribution in [0, 0.1) is 56.7 Å². The first-order chi connectivity index (χ1) is 16.2. The maximum absolute atomic E-state index is 13.1. The Morgan fingerprint density at radius 1 is 1.03 bits per heavy atom. The van der Waals surface area contributed by atoms with Crippen LogP contribution in [0.2, 0.25) is 0 Å². The van der Waals surface area contributed by atoms with E-state index in [9.17, 15) is 24.9 Å². The van der Waals surface area contributed by atoms with E-state index < -0.39 is 22.9 Å². The lowest BCUT2D eigenvalue weighted by molar-refractivity contribution is -0.214. The zero-order valence-electron chi connectivity index (χ0n) is 22.6. The number of carbonyl (C=O) groups is 2. The molecule has 5 aliphatic rings. The van der Waals surface area contributed by atoms with Gasteiger partial charge in [-0.2, -0.15) is 0 Å². The summed E-state index contributed by atoms with van der Waals surface area (Å²) >= 11 is 0. The number of ketones is 1. The van der Waals surface area contributed by atoms with Gasteiger partial charge in [0.1, 0.15) is 6.10 Å². The van der Waals surface area contributed by atoms with Crippen molar-refractivity contribution in [3.63, 3.8) is 0 Å². The third-order valence-electron chi connectivity index (χ3n) is 13.3. The van der Waals surface area contributed by atoms with Crippen molar-refractivity contribution in [3.05, 3.63) is 11.6 Å². The highest BCUT2D eigenvalue weighted by atomic mass is 16.4. The molecule has 4 fully saturated rings. The molecule has 35 heavy (non-hydrogen) atoms. The number of carboxylic acid groups (broad SMARTS) is 1. The van der Waals surface area contributed by atoms with Crippen molar-refractivity contribution in [1.29, 1.82) is 0 Å². The van der Waals surface area contributed by atoms with Crippen LogP contribution in [0.3, 0.4) is 0 Å². The number of aliphatic hydroxyl groups excluding tert-OH is 2. The fraction of sp³-hybridized carbons (Fsp3) is 0.867. The summed E-state index contributed by atoms with van der Waals surface area (Å²) in [6.07, 6.45) is 7.75. The Balaban J connectivity index is 1.63. The third kappa shape index (κ3) is 2.89. The van der Waals surface area contributed by atoms with Gasteiger partial charge in [-0.3, -0.25) is 9.59 Å². The van der Waals surface area contributed by atoms with Crippen LogP contribution in [0.15, 0.2) is 11.6 Å². The Morgan fingerprint density at radius 3 is 2.34 bits per heavy atom. The molecule has 3 N–H and O–H groups in total. The van der Waals surface area contributed by atoms with Crippen LogP contribution in [0.1, 0.15) is 92.9 Å². The van der Waals surface area contributed by atoms with Gasteiger partial charge in [0.15, 0.2) is 5.78 Å². The second-order valence-electron chi connectivity index (χ2n) is 14.3. The second kappa shape index (κ2) is 7.66. The lowest BCUT2D eigenvalue weighted by Gasteiger charge is -2.71. The molecule has 5 nitrogen and oxygen atoms in total. The van der Waals surface area contributed by atoms with Gasteiger partial charge in [-0.15, -0.1) is 0 Å². The fourth-order valence-electron chi connectivity index (χ4n) is 10.8. The Kier molecular flexibility index (Phi) is 5.57. The van der Waals surface area contributed by atoms with Crippen LogP contribution in [0.5, 0.6) is 0 Å². The minimum atomic E-state index is -1.10. The van der Waals surface area contributed by atoms with E-state index in [4.69, 9.17) is 0 Å².